The molecule has 0 spiro atoms. The maximum absolute atomic E-state index is 12.2. The van der Waals surface area contributed by atoms with E-state index in [1.54, 1.807) is 116 Å². The number of carbonyl (C=O) groups excluding carboxylic acids is 6. The fourth-order valence-corrected chi connectivity index (χ4v) is 14.5. The molecule has 8 aromatic heterocycles. The normalized spacial score (nSPS) is 10.7. The van der Waals surface area contributed by atoms with Crippen molar-refractivity contribution in [3.05, 3.63) is 224 Å². The van der Waals surface area contributed by atoms with Crippen molar-refractivity contribution in [1.82, 2.24) is 79.4 Å². The molecule has 4 amide bonds. The zero-order chi connectivity index (χ0) is 108. The fraction of sp³-hybridized carbons (Fsp3) is 0.288. The summed E-state index contributed by atoms with van der Waals surface area (Å²) in [7, 11) is 37.5. The number of methoxy groups -OCH3 is 4. The van der Waals surface area contributed by atoms with Crippen LogP contribution in [-0.2, 0) is 19.2 Å². The lowest BCUT2D eigenvalue weighted by Gasteiger charge is -2.26. The van der Waals surface area contributed by atoms with Crippen LogP contribution < -0.4 is 96.6 Å². The van der Waals surface area contributed by atoms with E-state index in [9.17, 15) is 28.8 Å². The van der Waals surface area contributed by atoms with Gasteiger partial charge in [0.25, 0.3) is 0 Å². The van der Waals surface area contributed by atoms with Gasteiger partial charge in [-0.3, -0.25) is 33.8 Å². The molecule has 41 nitrogen and oxygen atoms in total. The molecule has 0 aliphatic carbocycles. The van der Waals surface area contributed by atoms with Gasteiger partial charge in [0.15, 0.2) is 11.6 Å². The van der Waals surface area contributed by atoms with Gasteiger partial charge in [0.1, 0.15) is 40.5 Å². The molecule has 44 heteroatoms. The monoisotopic (exact) mass is 2080 g/mol. The van der Waals surface area contributed by atoms with Crippen LogP contribution in [0.25, 0.3) is 45.0 Å². The number of likely N-dealkylation sites (N-methyl/N-ethyl adjacent to an activating group) is 8. The third kappa shape index (κ3) is 32.9. The lowest BCUT2D eigenvalue weighted by molar-refractivity contribution is -0.112. The third-order valence-electron chi connectivity index (χ3n) is 22.1. The van der Waals surface area contributed by atoms with Gasteiger partial charge < -0.3 is 116 Å². The van der Waals surface area contributed by atoms with E-state index in [0.717, 1.165) is 97.9 Å². The second-order valence-corrected chi connectivity index (χ2v) is 35.5. The van der Waals surface area contributed by atoms with Crippen LogP contribution in [0.2, 0.25) is 15.1 Å². The van der Waals surface area contributed by atoms with Crippen LogP contribution in [0.3, 0.4) is 0 Å². The first kappa shape index (κ1) is 115. The molecule has 0 atom stereocenters. The molecule has 12 rings (SSSR count). The van der Waals surface area contributed by atoms with Crippen molar-refractivity contribution >= 4 is 179 Å². The standard InChI is InChI=1S/C27H34N8O3.C26H33ClN8O2.C26H30ClN7O3.C25H31ClN8O2/c1-8-25(37)31-21-14-22(24(38-7)15-23(21)35(6)12-11-34(4)5)33-27-29-10-9-20(32-27)18-13-19(17(2)36)26(28-3)30-16-18;1-8-24(36)30-19-13-20(22(37-7)14-21(19)35(6)12-11-33(2)3)31-26-29-16-18(27)25(32-26)17-9-10-23(28-15-17)34(4)5;1-7-24(36)30-20-11-21(23(37-6)12-22(20)34(5)9-8-33(3)4)31-26-29-15-19(27)25(32-26)18-10-17(16(2)35)13-28-14-18;1-7-23(35)30-18-12-19(21(36-6)13-20(18)34(5)11-10-33(3)4)31-25-29-15-17(26)24(32-25)16-8-9-22(27-2)28-14-16/h8-10,13-16H,1,11-12H2,2-7H3,(H,28,30)(H,31,37)(H,29,32,33);8-10,13-16H,1,11-12H2,2-7H3,(H,30,36)(H,29,31,32);7,10-15H,1,8-9H2,2-6H3,(H,30,36)(H,29,31,32);7-9,12-15H,1,10-11H2,2-6H3,(H,27,28)(H,30,35)(H,29,31,32). The smallest absolute Gasteiger partial charge is 0.247 e. The van der Waals surface area contributed by atoms with Crippen molar-refractivity contribution in [2.24, 2.45) is 0 Å². The van der Waals surface area contributed by atoms with E-state index in [1.165, 1.54) is 62.9 Å². The summed E-state index contributed by atoms with van der Waals surface area (Å²) in [6, 6.07) is 27.1. The highest BCUT2D eigenvalue weighted by Crippen LogP contribution is 2.44. The van der Waals surface area contributed by atoms with Gasteiger partial charge in [-0.1, -0.05) is 61.1 Å². The number of nitrogens with zero attached hydrogens (tertiary/aromatic N) is 21. The highest BCUT2D eigenvalue weighted by molar-refractivity contribution is 6.34. The Bertz CT molecular complexity index is 6680. The topological polar surface area (TPSA) is 443 Å². The number of anilines is 19. The molecule has 8 heterocycles. The lowest BCUT2D eigenvalue weighted by atomic mass is 10.1. The summed E-state index contributed by atoms with van der Waals surface area (Å²) >= 11 is 19.2. The zero-order valence-electron chi connectivity index (χ0n) is 87.3. The highest BCUT2D eigenvalue weighted by atomic mass is 35.5. The molecule has 148 heavy (non-hydrogen) atoms. The molecule has 0 radical (unpaired) electrons. The van der Waals surface area contributed by atoms with Crippen LogP contribution in [0.4, 0.5) is 109 Å². The number of rotatable bonds is 45. The SMILES string of the molecule is C=CC(=O)Nc1cc(Nc2ncc(Cl)c(-c3ccc(N(C)C)nc3)n2)c(OC)cc1N(C)CCN(C)C.C=CC(=O)Nc1cc(Nc2ncc(Cl)c(-c3ccc(NC)nc3)n2)c(OC)cc1N(C)CCN(C)C.C=CC(=O)Nc1cc(Nc2ncc(Cl)c(-c3cncc(C(C)=O)c3)n2)c(OC)cc1N(C)CCN(C)C.C=CC(=O)Nc1cc(Nc2nccc(-c3cnc(NC)c(C(C)=O)c3)n2)c(OC)cc1N(C)CCN(C)C. The highest BCUT2D eigenvalue weighted by Gasteiger charge is 2.26. The Morgan fingerprint density at radius 2 is 0.689 bits per heavy atom. The predicted molar refractivity (Wildman–Crippen MR) is 597 cm³/mol. The maximum atomic E-state index is 12.2. The number of benzene rings is 4. The van der Waals surface area contributed by atoms with Crippen molar-refractivity contribution in [3.63, 3.8) is 0 Å². The second kappa shape index (κ2) is 55.7. The third-order valence-corrected chi connectivity index (χ3v) is 22.9. The summed E-state index contributed by atoms with van der Waals surface area (Å²) in [5.74, 6) is 3.83. The molecule has 0 saturated carbocycles. The molecule has 780 valence electrons. The number of hydrogen-bond donors (Lipinski definition) is 10. The number of ketones is 2. The van der Waals surface area contributed by atoms with Crippen LogP contribution >= 0.6 is 34.8 Å². The Labute approximate surface area is 878 Å². The Balaban J connectivity index is 0.000000219. The molecule has 0 fully saturated rings. The van der Waals surface area contributed by atoms with E-state index in [1.807, 2.05) is 172 Å². The van der Waals surface area contributed by atoms with Crippen LogP contribution in [0.1, 0.15) is 34.6 Å². The van der Waals surface area contributed by atoms with Gasteiger partial charge in [0.2, 0.25) is 47.4 Å². The lowest BCUT2D eigenvalue weighted by Crippen LogP contribution is -2.29. The zero-order valence-corrected chi connectivity index (χ0v) is 89.5. The molecular weight excluding hydrogens is 1950 g/mol. The van der Waals surface area contributed by atoms with Crippen molar-refractivity contribution in [2.75, 3.05) is 271 Å². The molecule has 4 aromatic carbocycles. The molecule has 0 unspecified atom stereocenters. The van der Waals surface area contributed by atoms with E-state index in [4.69, 9.17) is 53.8 Å². The number of carbonyl (C=O) groups is 6. The predicted octanol–water partition coefficient (Wildman–Crippen LogP) is 16.2. The number of nitrogens with one attached hydrogen (secondary N) is 10. The summed E-state index contributed by atoms with van der Waals surface area (Å²) in [5.41, 5.74) is 13.4. The van der Waals surface area contributed by atoms with Crippen molar-refractivity contribution in [2.45, 2.75) is 13.8 Å². The van der Waals surface area contributed by atoms with E-state index in [2.05, 4.69) is 159 Å². The minimum atomic E-state index is -0.346. The fourth-order valence-electron chi connectivity index (χ4n) is 13.9. The summed E-state index contributed by atoms with van der Waals surface area (Å²) in [4.78, 5) is 144. The molecule has 0 aliphatic heterocycles. The van der Waals surface area contributed by atoms with Crippen molar-refractivity contribution in [1.29, 1.82) is 0 Å². The Kier molecular flexibility index (Phi) is 43.4. The largest absolute Gasteiger partial charge is 0.494 e. The van der Waals surface area contributed by atoms with E-state index >= 15 is 0 Å². The minimum absolute atomic E-state index is 0.106. The average Bonchev–Trinajstić information content (AvgIpc) is 0.805. The number of halogens is 3. The number of hydrogen-bond acceptors (Lipinski definition) is 37. The second-order valence-electron chi connectivity index (χ2n) is 34.3. The van der Waals surface area contributed by atoms with Gasteiger partial charge in [-0.05, 0) is 161 Å². The van der Waals surface area contributed by atoms with Gasteiger partial charge in [-0.2, -0.15) is 0 Å². The number of amides is 4. The molecule has 10 N–H and O–H groups in total. The number of pyridine rings is 4. The van der Waals surface area contributed by atoms with Gasteiger partial charge >= 0.3 is 0 Å². The van der Waals surface area contributed by atoms with Gasteiger partial charge in [-0.15, -0.1) is 0 Å². The van der Waals surface area contributed by atoms with Crippen LogP contribution in [0.5, 0.6) is 23.0 Å². The first-order valence-corrected chi connectivity index (χ1v) is 47.3. The average molecular weight is 2080 g/mol. The number of ether oxygens (including phenoxy) is 4. The maximum Gasteiger partial charge on any atom is 0.247 e. The van der Waals surface area contributed by atoms with Crippen LogP contribution in [0, 0.1) is 0 Å². The van der Waals surface area contributed by atoms with Crippen LogP contribution in [-0.4, -0.2) is 308 Å². The molecule has 0 saturated heterocycles. The van der Waals surface area contributed by atoms with E-state index in [-0.39, 0.29) is 41.1 Å². The van der Waals surface area contributed by atoms with E-state index < -0.39 is 0 Å². The molecule has 12 aromatic rings. The molecular formula is C104H128Cl3N31O10. The summed E-state index contributed by atoms with van der Waals surface area (Å²) < 4.78 is 22.6. The molecule has 0 aliphatic rings. The summed E-state index contributed by atoms with van der Waals surface area (Å²) in [6.07, 6.45) is 19.1. The first-order chi connectivity index (χ1) is 70.6. The Morgan fingerprint density at radius 3 is 0.986 bits per heavy atom. The van der Waals surface area contributed by atoms with Crippen molar-refractivity contribution in [3.8, 4) is 68.0 Å². The summed E-state index contributed by atoms with van der Waals surface area (Å²) in [6.45, 7) is 23.4. The Morgan fingerprint density at radius 1 is 0.345 bits per heavy atom. The van der Waals surface area contributed by atoms with Crippen LogP contribution in [0.15, 0.2) is 197 Å². The van der Waals surface area contributed by atoms with Gasteiger partial charge in [0, 0.05) is 198 Å². The van der Waals surface area contributed by atoms with Crippen molar-refractivity contribution < 1.29 is 47.7 Å². The Hall–Kier alpha value is -16.3. The minimum Gasteiger partial charge on any atom is -0.494 e. The van der Waals surface area contributed by atoms with Gasteiger partial charge in [0.05, 0.1) is 159 Å². The van der Waals surface area contributed by atoms with E-state index in [0.29, 0.717) is 152 Å². The number of Topliss-reactive ketones (excluding diaryl/α,β-unsaturated/α-hetero) is 2. The molecule has 0 bridgehead atoms. The summed E-state index contributed by atoms with van der Waals surface area (Å²) in [5, 5.41) is 31.2. The first-order valence-electron chi connectivity index (χ1n) is 46.1. The van der Waals surface area contributed by atoms with Gasteiger partial charge in [-0.25, -0.2) is 54.8 Å². The number of aromatic nitrogens is 12. The quantitative estimate of drug-likeness (QED) is 0.0125.